The van der Waals surface area contributed by atoms with Crippen molar-refractivity contribution in [2.24, 2.45) is 0 Å². The van der Waals surface area contributed by atoms with Gasteiger partial charge in [0.1, 0.15) is 0 Å². The van der Waals surface area contributed by atoms with Crippen LogP contribution in [-0.4, -0.2) is 42.6 Å². The molecule has 0 saturated carbocycles. The number of benzene rings is 1. The molecule has 20 heavy (non-hydrogen) atoms. The quantitative estimate of drug-likeness (QED) is 0.666. The Morgan fingerprint density at radius 2 is 1.80 bits per heavy atom. The van der Waals surface area contributed by atoms with Gasteiger partial charge in [0.2, 0.25) is 0 Å². The van der Waals surface area contributed by atoms with E-state index in [1.54, 1.807) is 24.3 Å². The van der Waals surface area contributed by atoms with E-state index in [0.717, 1.165) is 5.56 Å². The molecule has 0 saturated heterocycles. The number of hydrogen-bond donors (Lipinski definition) is 3. The smallest absolute Gasteiger partial charge is 0.328 e. The zero-order chi connectivity index (χ0) is 15.1. The molecule has 0 fully saturated rings. The first-order valence-electron chi connectivity index (χ1n) is 5.84. The van der Waals surface area contributed by atoms with Crippen LogP contribution in [0.15, 0.2) is 24.3 Å². The second-order valence-electron chi connectivity index (χ2n) is 4.14. The van der Waals surface area contributed by atoms with E-state index in [1.807, 2.05) is 6.92 Å². The highest BCUT2D eigenvalue weighted by Gasteiger charge is 2.23. The lowest BCUT2D eigenvalue weighted by molar-refractivity contribution is -0.144. The summed E-state index contributed by atoms with van der Waals surface area (Å²) < 4.78 is 4.65. The molecule has 0 heterocycles. The molecule has 3 N–H and O–H groups in total. The van der Waals surface area contributed by atoms with E-state index in [9.17, 15) is 14.4 Å². The van der Waals surface area contributed by atoms with Crippen LogP contribution in [-0.2, 0) is 19.1 Å². The topological polar surface area (TPSA) is 105 Å². The van der Waals surface area contributed by atoms with E-state index in [4.69, 9.17) is 5.11 Å². The minimum absolute atomic E-state index is 0.223. The third-order valence-electron chi connectivity index (χ3n) is 2.45. The van der Waals surface area contributed by atoms with Crippen molar-refractivity contribution >= 4 is 23.5 Å². The number of anilines is 1. The zero-order valence-electron chi connectivity index (χ0n) is 11.2. The van der Waals surface area contributed by atoms with Crippen molar-refractivity contribution in [3.8, 4) is 0 Å². The molecule has 0 aliphatic rings. The first-order chi connectivity index (χ1) is 9.43. The van der Waals surface area contributed by atoms with Gasteiger partial charge in [-0.25, -0.2) is 4.79 Å². The van der Waals surface area contributed by atoms with Gasteiger partial charge in [-0.05, 0) is 19.1 Å². The molecular weight excluding hydrogens is 264 g/mol. The fourth-order valence-corrected chi connectivity index (χ4v) is 1.39. The van der Waals surface area contributed by atoms with Crippen LogP contribution in [0, 0.1) is 6.92 Å². The van der Waals surface area contributed by atoms with Crippen molar-refractivity contribution in [1.29, 1.82) is 0 Å². The van der Waals surface area contributed by atoms with Gasteiger partial charge in [-0.3, -0.25) is 9.59 Å². The average molecular weight is 280 g/mol. The largest absolute Gasteiger partial charge is 0.480 e. The van der Waals surface area contributed by atoms with E-state index < -0.39 is 23.8 Å². The Morgan fingerprint density at radius 3 is 2.30 bits per heavy atom. The molecule has 1 atom stereocenters. The SMILES string of the molecule is COCC(NC(=O)C(=O)Nc1ccc(C)cc1)C(=O)O. The monoisotopic (exact) mass is 280 g/mol. The second kappa shape index (κ2) is 7.25. The van der Waals surface area contributed by atoms with Crippen LogP contribution in [0.4, 0.5) is 5.69 Å². The number of hydrogen-bond acceptors (Lipinski definition) is 4. The summed E-state index contributed by atoms with van der Waals surface area (Å²) in [6, 6.07) is 5.57. The molecule has 0 bridgehead atoms. The molecule has 7 heteroatoms. The molecule has 2 amide bonds. The molecule has 0 aliphatic carbocycles. The highest BCUT2D eigenvalue weighted by molar-refractivity contribution is 6.40. The van der Waals surface area contributed by atoms with Crippen LogP contribution in [0.2, 0.25) is 0 Å². The fraction of sp³-hybridized carbons (Fsp3) is 0.308. The predicted molar refractivity (Wildman–Crippen MR) is 71.3 cm³/mol. The summed E-state index contributed by atoms with van der Waals surface area (Å²) in [6.07, 6.45) is 0. The minimum atomic E-state index is -1.27. The Balaban J connectivity index is 2.60. The number of carbonyl (C=O) groups is 3. The first-order valence-corrected chi connectivity index (χ1v) is 5.84. The normalized spacial score (nSPS) is 11.5. The molecule has 1 unspecified atom stereocenters. The first kappa shape index (κ1) is 15.6. The summed E-state index contributed by atoms with van der Waals surface area (Å²) >= 11 is 0. The number of methoxy groups -OCH3 is 1. The summed E-state index contributed by atoms with van der Waals surface area (Å²) in [5.74, 6) is -3.24. The molecule has 1 aromatic rings. The molecule has 7 nitrogen and oxygen atoms in total. The predicted octanol–water partition coefficient (Wildman–Crippen LogP) is 0.149. The van der Waals surface area contributed by atoms with Gasteiger partial charge < -0.3 is 20.5 Å². The Morgan fingerprint density at radius 1 is 1.20 bits per heavy atom. The van der Waals surface area contributed by atoms with Crippen LogP contribution in [0.25, 0.3) is 0 Å². The fourth-order valence-electron chi connectivity index (χ4n) is 1.39. The maximum atomic E-state index is 11.6. The van der Waals surface area contributed by atoms with Gasteiger partial charge in [-0.2, -0.15) is 0 Å². The Hall–Kier alpha value is -2.41. The van der Waals surface area contributed by atoms with Crippen molar-refractivity contribution in [1.82, 2.24) is 5.32 Å². The molecule has 1 rings (SSSR count). The number of amides is 2. The maximum absolute atomic E-state index is 11.6. The van der Waals surface area contributed by atoms with Gasteiger partial charge in [-0.15, -0.1) is 0 Å². The van der Waals surface area contributed by atoms with E-state index in [1.165, 1.54) is 7.11 Å². The summed E-state index contributed by atoms with van der Waals surface area (Å²) in [4.78, 5) is 34.0. The number of carboxylic acids is 1. The molecule has 108 valence electrons. The maximum Gasteiger partial charge on any atom is 0.328 e. The average Bonchev–Trinajstić information content (AvgIpc) is 2.40. The van der Waals surface area contributed by atoms with E-state index in [0.29, 0.717) is 5.69 Å². The number of rotatable bonds is 5. The highest BCUT2D eigenvalue weighted by atomic mass is 16.5. The molecule has 0 aromatic heterocycles. The van der Waals surface area contributed by atoms with Crippen LogP contribution >= 0.6 is 0 Å². The number of nitrogens with one attached hydrogen (secondary N) is 2. The van der Waals surface area contributed by atoms with Crippen molar-refractivity contribution in [3.63, 3.8) is 0 Å². The standard InChI is InChI=1S/C13H16N2O5/c1-8-3-5-9(6-4-8)14-11(16)12(17)15-10(7-20-2)13(18)19/h3-6,10H,7H2,1-2H3,(H,14,16)(H,15,17)(H,18,19). The minimum Gasteiger partial charge on any atom is -0.480 e. The number of aliphatic carboxylic acids is 1. The van der Waals surface area contributed by atoms with Gasteiger partial charge >= 0.3 is 17.8 Å². The van der Waals surface area contributed by atoms with Crippen LogP contribution in [0.1, 0.15) is 5.56 Å². The summed E-state index contributed by atoms with van der Waals surface area (Å²) in [5, 5.41) is 13.3. The number of aryl methyl sites for hydroxylation is 1. The molecular formula is C13H16N2O5. The van der Waals surface area contributed by atoms with Gasteiger partial charge in [0, 0.05) is 12.8 Å². The zero-order valence-corrected chi connectivity index (χ0v) is 11.2. The number of ether oxygens (including phenoxy) is 1. The van der Waals surface area contributed by atoms with Crippen LogP contribution < -0.4 is 10.6 Å². The molecule has 0 radical (unpaired) electrons. The molecule has 1 aromatic carbocycles. The van der Waals surface area contributed by atoms with E-state index >= 15 is 0 Å². The van der Waals surface area contributed by atoms with Gasteiger partial charge in [0.25, 0.3) is 0 Å². The van der Waals surface area contributed by atoms with Crippen LogP contribution in [0.3, 0.4) is 0 Å². The molecule has 0 aliphatic heterocycles. The number of carbonyl (C=O) groups excluding carboxylic acids is 2. The summed E-state index contributed by atoms with van der Waals surface area (Å²) in [5.41, 5.74) is 1.47. The van der Waals surface area contributed by atoms with Gasteiger partial charge in [0.15, 0.2) is 6.04 Å². The van der Waals surface area contributed by atoms with Gasteiger partial charge in [-0.1, -0.05) is 17.7 Å². The summed E-state index contributed by atoms with van der Waals surface area (Å²) in [7, 11) is 1.30. The van der Waals surface area contributed by atoms with Crippen molar-refractivity contribution < 1.29 is 24.2 Å². The highest BCUT2D eigenvalue weighted by Crippen LogP contribution is 2.08. The Labute approximate surface area is 115 Å². The Bertz CT molecular complexity index is 498. The lowest BCUT2D eigenvalue weighted by Crippen LogP contribution is -2.47. The summed E-state index contributed by atoms with van der Waals surface area (Å²) in [6.45, 7) is 1.67. The van der Waals surface area contributed by atoms with E-state index in [2.05, 4.69) is 15.4 Å². The second-order valence-corrected chi connectivity index (χ2v) is 4.14. The van der Waals surface area contributed by atoms with Crippen molar-refractivity contribution in [3.05, 3.63) is 29.8 Å². The lowest BCUT2D eigenvalue weighted by Gasteiger charge is -2.13. The van der Waals surface area contributed by atoms with Crippen molar-refractivity contribution in [2.75, 3.05) is 19.0 Å². The molecule has 0 spiro atoms. The Kier molecular flexibility index (Phi) is 5.67. The third kappa shape index (κ3) is 4.69. The van der Waals surface area contributed by atoms with E-state index in [-0.39, 0.29) is 6.61 Å². The van der Waals surface area contributed by atoms with Crippen molar-refractivity contribution in [2.45, 2.75) is 13.0 Å². The lowest BCUT2D eigenvalue weighted by atomic mass is 10.2. The van der Waals surface area contributed by atoms with Gasteiger partial charge in [0.05, 0.1) is 6.61 Å². The third-order valence-corrected chi connectivity index (χ3v) is 2.45. The van der Waals surface area contributed by atoms with Crippen LogP contribution in [0.5, 0.6) is 0 Å². The number of carboxylic acid groups (broad SMARTS) is 1.